The van der Waals surface area contributed by atoms with Crippen LogP contribution in [-0.2, 0) is 17.4 Å². The van der Waals surface area contributed by atoms with Crippen LogP contribution in [-0.4, -0.2) is 25.0 Å². The first-order valence-corrected chi connectivity index (χ1v) is 6.18. The fourth-order valence-electron chi connectivity index (χ4n) is 2.76. The van der Waals surface area contributed by atoms with Crippen molar-refractivity contribution in [1.29, 1.82) is 0 Å². The van der Waals surface area contributed by atoms with E-state index >= 15 is 0 Å². The molecule has 3 rings (SSSR count). The molecule has 0 aliphatic carbocycles. The van der Waals surface area contributed by atoms with E-state index in [2.05, 4.69) is 5.32 Å². The largest absolute Gasteiger partial charge is 0.416 e. The minimum atomic E-state index is -4.35. The summed E-state index contributed by atoms with van der Waals surface area (Å²) in [5, 5.41) is 2.75. The molecule has 3 nitrogen and oxygen atoms in total. The Morgan fingerprint density at radius 1 is 1.32 bits per heavy atom. The van der Waals surface area contributed by atoms with Gasteiger partial charge in [0.05, 0.1) is 12.1 Å². The summed E-state index contributed by atoms with van der Waals surface area (Å²) in [5.74, 6) is -0.137. The molecule has 2 heterocycles. The van der Waals surface area contributed by atoms with Crippen molar-refractivity contribution < 1.29 is 18.0 Å². The van der Waals surface area contributed by atoms with Crippen LogP contribution in [0.5, 0.6) is 0 Å². The Kier molecular flexibility index (Phi) is 2.69. The zero-order valence-corrected chi connectivity index (χ0v) is 10.1. The first-order chi connectivity index (χ1) is 8.95. The summed E-state index contributed by atoms with van der Waals surface area (Å²) in [6.07, 6.45) is -2.73. The van der Waals surface area contributed by atoms with Crippen LogP contribution >= 0.6 is 0 Å². The van der Waals surface area contributed by atoms with Gasteiger partial charge >= 0.3 is 6.18 Å². The van der Waals surface area contributed by atoms with Gasteiger partial charge in [-0.3, -0.25) is 4.79 Å². The molecule has 102 valence electrons. The summed E-state index contributed by atoms with van der Waals surface area (Å²) in [6.45, 7) is 0.646. The first-order valence-electron chi connectivity index (χ1n) is 6.18. The molecule has 0 aromatic heterocycles. The molecule has 19 heavy (non-hydrogen) atoms. The molecule has 0 spiro atoms. The van der Waals surface area contributed by atoms with Crippen LogP contribution in [0, 0.1) is 0 Å². The summed E-state index contributed by atoms with van der Waals surface area (Å²) in [7, 11) is 0. The van der Waals surface area contributed by atoms with Crippen molar-refractivity contribution >= 4 is 11.6 Å². The van der Waals surface area contributed by atoms with Gasteiger partial charge in [0.2, 0.25) is 5.91 Å². The predicted octanol–water partition coefficient (Wildman–Crippen LogP) is 1.96. The number of benzene rings is 1. The van der Waals surface area contributed by atoms with E-state index in [-0.39, 0.29) is 18.5 Å². The third-order valence-electron chi connectivity index (χ3n) is 3.76. The number of piperazine rings is 1. The lowest BCUT2D eigenvalue weighted by molar-refractivity contribution is -0.137. The Hall–Kier alpha value is -1.72. The normalized spacial score (nSPS) is 22.6. The molecule has 0 radical (unpaired) electrons. The molecule has 1 fully saturated rings. The van der Waals surface area contributed by atoms with Crippen LogP contribution in [0.2, 0.25) is 0 Å². The van der Waals surface area contributed by atoms with Crippen molar-refractivity contribution in [1.82, 2.24) is 5.32 Å². The molecule has 1 aromatic carbocycles. The number of amides is 1. The van der Waals surface area contributed by atoms with Gasteiger partial charge in [-0.1, -0.05) is 6.07 Å². The number of nitrogens with zero attached hydrogens (tertiary/aromatic N) is 1. The maximum absolute atomic E-state index is 12.8. The quantitative estimate of drug-likeness (QED) is 0.781. The average molecular weight is 270 g/mol. The smallest absolute Gasteiger partial charge is 0.357 e. The molecule has 2 aliphatic rings. The van der Waals surface area contributed by atoms with Crippen molar-refractivity contribution in [2.24, 2.45) is 0 Å². The summed E-state index contributed by atoms with van der Waals surface area (Å²) >= 11 is 0. The number of fused-ring (bicyclic) bond motifs is 3. The fraction of sp³-hybridized carbons (Fsp3) is 0.462. The van der Waals surface area contributed by atoms with E-state index in [0.717, 1.165) is 24.5 Å². The molecule has 1 unspecified atom stereocenters. The minimum absolute atomic E-state index is 0.105. The van der Waals surface area contributed by atoms with Crippen LogP contribution in [0.25, 0.3) is 0 Å². The summed E-state index contributed by atoms with van der Waals surface area (Å²) in [4.78, 5) is 13.2. The summed E-state index contributed by atoms with van der Waals surface area (Å²) < 4.78 is 38.3. The lowest BCUT2D eigenvalue weighted by Crippen LogP contribution is -2.56. The summed E-state index contributed by atoms with van der Waals surface area (Å²) in [6, 6.07) is 3.91. The van der Waals surface area contributed by atoms with Crippen molar-refractivity contribution in [2.75, 3.05) is 18.0 Å². The molecule has 1 saturated heterocycles. The predicted molar refractivity (Wildman–Crippen MR) is 63.9 cm³/mol. The average Bonchev–Trinajstić information content (AvgIpc) is 2.37. The molecule has 1 atom stereocenters. The van der Waals surface area contributed by atoms with Gasteiger partial charge in [-0.05, 0) is 30.5 Å². The van der Waals surface area contributed by atoms with E-state index in [1.165, 1.54) is 12.1 Å². The number of carbonyl (C=O) groups is 1. The molecular formula is C13H13F3N2O. The molecule has 2 aliphatic heterocycles. The van der Waals surface area contributed by atoms with E-state index in [9.17, 15) is 18.0 Å². The second kappa shape index (κ2) is 4.15. The van der Waals surface area contributed by atoms with Gasteiger partial charge in [0, 0.05) is 18.3 Å². The van der Waals surface area contributed by atoms with E-state index in [4.69, 9.17) is 0 Å². The van der Waals surface area contributed by atoms with E-state index < -0.39 is 11.7 Å². The van der Waals surface area contributed by atoms with E-state index in [1.807, 2.05) is 0 Å². The van der Waals surface area contributed by atoms with Gasteiger partial charge in [0.1, 0.15) is 0 Å². The van der Waals surface area contributed by atoms with Crippen LogP contribution < -0.4 is 10.2 Å². The number of aryl methyl sites for hydroxylation is 1. The molecule has 6 heteroatoms. The van der Waals surface area contributed by atoms with Crippen molar-refractivity contribution in [3.63, 3.8) is 0 Å². The first kappa shape index (κ1) is 12.3. The van der Waals surface area contributed by atoms with Crippen LogP contribution in [0.4, 0.5) is 18.9 Å². The van der Waals surface area contributed by atoms with Crippen LogP contribution in [0.15, 0.2) is 18.2 Å². The molecule has 1 N–H and O–H groups in total. The number of nitrogens with one attached hydrogen (secondary N) is 1. The third kappa shape index (κ3) is 2.15. The Labute approximate surface area is 108 Å². The second-order valence-electron chi connectivity index (χ2n) is 4.97. The highest BCUT2D eigenvalue weighted by molar-refractivity contribution is 5.83. The summed E-state index contributed by atoms with van der Waals surface area (Å²) in [5.41, 5.74) is 0.790. The number of hydrogen-bond acceptors (Lipinski definition) is 2. The number of anilines is 1. The third-order valence-corrected chi connectivity index (χ3v) is 3.76. The second-order valence-corrected chi connectivity index (χ2v) is 4.97. The Balaban J connectivity index is 2.02. The van der Waals surface area contributed by atoms with Gasteiger partial charge < -0.3 is 10.2 Å². The standard InChI is InChI=1S/C13H13F3N2O/c14-13(15,16)9-3-1-8-2-4-10-6-17-12(19)7-18(10)11(8)5-9/h1,3,5,10H,2,4,6-7H2,(H,17,19). The van der Waals surface area contributed by atoms with Gasteiger partial charge in [-0.2, -0.15) is 13.2 Å². The van der Waals surface area contributed by atoms with Crippen LogP contribution in [0.3, 0.4) is 0 Å². The number of carbonyl (C=O) groups excluding carboxylic acids is 1. The number of rotatable bonds is 0. The highest BCUT2D eigenvalue weighted by Gasteiger charge is 2.35. The Bertz CT molecular complexity index is 527. The van der Waals surface area contributed by atoms with E-state index in [1.54, 1.807) is 4.90 Å². The van der Waals surface area contributed by atoms with Crippen molar-refractivity contribution in [2.45, 2.75) is 25.1 Å². The topological polar surface area (TPSA) is 32.3 Å². The monoisotopic (exact) mass is 270 g/mol. The fourth-order valence-corrected chi connectivity index (χ4v) is 2.76. The molecular weight excluding hydrogens is 257 g/mol. The van der Waals surface area contributed by atoms with E-state index in [0.29, 0.717) is 12.2 Å². The van der Waals surface area contributed by atoms with Crippen LogP contribution in [0.1, 0.15) is 17.5 Å². The Morgan fingerprint density at radius 2 is 2.11 bits per heavy atom. The van der Waals surface area contributed by atoms with Gasteiger partial charge in [-0.15, -0.1) is 0 Å². The minimum Gasteiger partial charge on any atom is -0.357 e. The van der Waals surface area contributed by atoms with Gasteiger partial charge in [0.15, 0.2) is 0 Å². The molecule has 0 bridgehead atoms. The number of hydrogen-bond donors (Lipinski definition) is 1. The van der Waals surface area contributed by atoms with Gasteiger partial charge in [-0.25, -0.2) is 0 Å². The molecule has 1 aromatic rings. The highest BCUT2D eigenvalue weighted by Crippen LogP contribution is 2.37. The number of alkyl halides is 3. The van der Waals surface area contributed by atoms with Gasteiger partial charge in [0.25, 0.3) is 0 Å². The molecule has 1 amide bonds. The SMILES string of the molecule is O=C1CN2c3cc(C(F)(F)F)ccc3CCC2CN1. The lowest BCUT2D eigenvalue weighted by Gasteiger charge is -2.41. The molecule has 0 saturated carbocycles. The maximum atomic E-state index is 12.8. The maximum Gasteiger partial charge on any atom is 0.416 e. The number of halogens is 3. The zero-order valence-electron chi connectivity index (χ0n) is 10.1. The van der Waals surface area contributed by atoms with Crippen molar-refractivity contribution in [3.05, 3.63) is 29.3 Å². The van der Waals surface area contributed by atoms with Crippen molar-refractivity contribution in [3.8, 4) is 0 Å². The Morgan fingerprint density at radius 3 is 2.84 bits per heavy atom. The zero-order chi connectivity index (χ0) is 13.6. The highest BCUT2D eigenvalue weighted by atomic mass is 19.4. The lowest BCUT2D eigenvalue weighted by atomic mass is 9.93.